The summed E-state index contributed by atoms with van der Waals surface area (Å²) in [7, 11) is 0. The van der Waals surface area contributed by atoms with Gasteiger partial charge in [-0.25, -0.2) is 14.8 Å². The highest BCUT2D eigenvalue weighted by Gasteiger charge is 2.17. The number of nitrogens with two attached hydrogens (primary N) is 1. The summed E-state index contributed by atoms with van der Waals surface area (Å²) < 4.78 is 15.8. The molecule has 0 bridgehead atoms. The van der Waals surface area contributed by atoms with Crippen LogP contribution < -0.4 is 19.9 Å². The monoisotopic (exact) mass is 411 g/mol. The van der Waals surface area contributed by atoms with Crippen molar-refractivity contribution in [3.8, 4) is 23.1 Å². The van der Waals surface area contributed by atoms with Crippen LogP contribution >= 0.6 is 0 Å². The maximum absolute atomic E-state index is 11.0. The molecule has 0 aliphatic carbocycles. The smallest absolute Gasteiger partial charge is 0.342 e. The molecule has 0 saturated carbocycles. The zero-order valence-corrected chi connectivity index (χ0v) is 16.2. The number of aliphatic hydroxyl groups excluding tert-OH is 1. The molecule has 1 aliphatic heterocycles. The third-order valence-corrected chi connectivity index (χ3v) is 4.16. The van der Waals surface area contributed by atoms with Gasteiger partial charge in [0.25, 0.3) is 0 Å². The standard InChI is InChI=1S/C12H8N2O5.C9H13NO/c15-12(16)8-4-13-5-14-11(8)19-7-1-2-9-10(3-7)18-6-17-9;1-7(11)9-4-2-8(6-10)3-5-9/h1-5H,6H2,(H,15,16);2-5,7,11H,6,10H2,1H3. The van der Waals surface area contributed by atoms with Crippen LogP contribution in [0.1, 0.15) is 34.5 Å². The highest BCUT2D eigenvalue weighted by Crippen LogP contribution is 2.36. The number of nitrogens with zero attached hydrogens (tertiary/aromatic N) is 2. The van der Waals surface area contributed by atoms with Crippen LogP contribution in [0.25, 0.3) is 0 Å². The predicted octanol–water partition coefficient (Wildman–Crippen LogP) is 2.89. The molecule has 0 amide bonds. The fourth-order valence-corrected chi connectivity index (χ4v) is 2.53. The van der Waals surface area contributed by atoms with Gasteiger partial charge in [0.05, 0.1) is 6.10 Å². The van der Waals surface area contributed by atoms with Crippen molar-refractivity contribution in [2.45, 2.75) is 19.6 Å². The molecule has 4 rings (SSSR count). The molecule has 4 N–H and O–H groups in total. The molecule has 1 aliphatic rings. The first-order valence-electron chi connectivity index (χ1n) is 9.05. The fraction of sp³-hybridized carbons (Fsp3) is 0.190. The SMILES string of the molecule is CC(O)c1ccc(CN)cc1.O=C(O)c1cncnc1Oc1ccc2c(c1)OCO2. The summed E-state index contributed by atoms with van der Waals surface area (Å²) >= 11 is 0. The molecule has 1 unspecified atom stereocenters. The number of hydrogen-bond acceptors (Lipinski definition) is 8. The second kappa shape index (κ2) is 9.68. The van der Waals surface area contributed by atoms with E-state index in [2.05, 4.69) is 9.97 Å². The summed E-state index contributed by atoms with van der Waals surface area (Å²) in [4.78, 5) is 18.4. The molecular weight excluding hydrogens is 390 g/mol. The predicted molar refractivity (Wildman–Crippen MR) is 107 cm³/mol. The van der Waals surface area contributed by atoms with E-state index in [1.165, 1.54) is 12.5 Å². The Morgan fingerprint density at radius 2 is 1.93 bits per heavy atom. The minimum Gasteiger partial charge on any atom is -0.477 e. The first-order chi connectivity index (χ1) is 14.5. The highest BCUT2D eigenvalue weighted by molar-refractivity contribution is 5.89. The van der Waals surface area contributed by atoms with Crippen molar-refractivity contribution >= 4 is 5.97 Å². The van der Waals surface area contributed by atoms with Crippen molar-refractivity contribution in [1.29, 1.82) is 0 Å². The molecule has 2 aromatic carbocycles. The van der Waals surface area contributed by atoms with E-state index < -0.39 is 5.97 Å². The summed E-state index contributed by atoms with van der Waals surface area (Å²) in [6.07, 6.45) is 2.01. The van der Waals surface area contributed by atoms with E-state index in [9.17, 15) is 4.79 Å². The van der Waals surface area contributed by atoms with Crippen LogP contribution in [0, 0.1) is 0 Å². The van der Waals surface area contributed by atoms with Gasteiger partial charge in [-0.3, -0.25) is 0 Å². The van der Waals surface area contributed by atoms with Crippen LogP contribution in [0.15, 0.2) is 55.0 Å². The van der Waals surface area contributed by atoms with Crippen LogP contribution in [0.2, 0.25) is 0 Å². The Hall–Kier alpha value is -3.69. The van der Waals surface area contributed by atoms with E-state index in [-0.39, 0.29) is 24.3 Å². The zero-order chi connectivity index (χ0) is 21.5. The topological polar surface area (TPSA) is 137 Å². The lowest BCUT2D eigenvalue weighted by Gasteiger charge is -2.07. The van der Waals surface area contributed by atoms with Crippen molar-refractivity contribution in [3.05, 3.63) is 71.7 Å². The molecule has 156 valence electrons. The maximum atomic E-state index is 11.0. The number of carbonyl (C=O) groups is 1. The molecule has 0 fully saturated rings. The molecule has 0 saturated heterocycles. The molecule has 1 aromatic heterocycles. The van der Waals surface area contributed by atoms with E-state index in [0.717, 1.165) is 11.1 Å². The molecule has 9 nitrogen and oxygen atoms in total. The van der Waals surface area contributed by atoms with Gasteiger partial charge < -0.3 is 30.2 Å². The maximum Gasteiger partial charge on any atom is 0.342 e. The molecule has 3 aromatic rings. The lowest BCUT2D eigenvalue weighted by Crippen LogP contribution is -2.02. The first kappa shape index (κ1) is 21.0. The Balaban J connectivity index is 0.000000199. The number of carboxylic acid groups (broad SMARTS) is 1. The number of carboxylic acids is 1. The third kappa shape index (κ3) is 5.22. The molecule has 2 heterocycles. The first-order valence-corrected chi connectivity index (χ1v) is 9.05. The van der Waals surface area contributed by atoms with Crippen LogP contribution in [0.5, 0.6) is 23.1 Å². The lowest BCUT2D eigenvalue weighted by molar-refractivity contribution is 0.0692. The second-order valence-electron chi connectivity index (χ2n) is 6.29. The molecule has 0 spiro atoms. The van der Waals surface area contributed by atoms with Crippen molar-refractivity contribution in [2.75, 3.05) is 6.79 Å². The average Bonchev–Trinajstić information content (AvgIpc) is 3.22. The minimum absolute atomic E-state index is 0.0265. The van der Waals surface area contributed by atoms with Gasteiger partial charge in [0.15, 0.2) is 11.5 Å². The Kier molecular flexibility index (Phi) is 6.79. The molecular formula is C21H21N3O6. The van der Waals surface area contributed by atoms with Crippen molar-refractivity contribution in [1.82, 2.24) is 9.97 Å². The summed E-state index contributed by atoms with van der Waals surface area (Å²) in [5.74, 6) is 0.389. The quantitative estimate of drug-likeness (QED) is 0.578. The second-order valence-corrected chi connectivity index (χ2v) is 6.29. The van der Waals surface area contributed by atoms with Crippen molar-refractivity contribution in [3.63, 3.8) is 0 Å². The number of aromatic carboxylic acids is 1. The highest BCUT2D eigenvalue weighted by atomic mass is 16.7. The zero-order valence-electron chi connectivity index (χ0n) is 16.2. The Morgan fingerprint density at radius 3 is 2.60 bits per heavy atom. The van der Waals surface area contributed by atoms with Gasteiger partial charge in [0.1, 0.15) is 17.6 Å². The minimum atomic E-state index is -1.16. The molecule has 1 atom stereocenters. The summed E-state index contributed by atoms with van der Waals surface area (Å²) in [6.45, 7) is 2.46. The Labute approximate surface area is 172 Å². The number of benzene rings is 2. The normalized spacial score (nSPS) is 12.5. The van der Waals surface area contributed by atoms with Crippen molar-refractivity contribution < 1.29 is 29.2 Å². The van der Waals surface area contributed by atoms with Crippen LogP contribution in [-0.4, -0.2) is 32.9 Å². The van der Waals surface area contributed by atoms with Gasteiger partial charge in [-0.05, 0) is 30.2 Å². The summed E-state index contributed by atoms with van der Waals surface area (Å²) in [5.41, 5.74) is 7.33. The molecule has 9 heteroatoms. The Bertz CT molecular complexity index is 1010. The summed E-state index contributed by atoms with van der Waals surface area (Å²) in [5, 5.41) is 18.1. The number of ether oxygens (including phenoxy) is 3. The molecule has 30 heavy (non-hydrogen) atoms. The van der Waals surface area contributed by atoms with E-state index in [4.69, 9.17) is 30.2 Å². The van der Waals surface area contributed by atoms with E-state index in [0.29, 0.717) is 23.8 Å². The average molecular weight is 411 g/mol. The third-order valence-electron chi connectivity index (χ3n) is 4.16. The summed E-state index contributed by atoms with van der Waals surface area (Å²) in [6, 6.07) is 12.6. The molecule has 0 radical (unpaired) electrons. The van der Waals surface area contributed by atoms with Gasteiger partial charge >= 0.3 is 5.97 Å². The number of fused-ring (bicyclic) bond motifs is 1. The number of aliphatic hydroxyl groups is 1. The number of aromatic nitrogens is 2. The van der Waals surface area contributed by atoms with E-state index in [1.54, 1.807) is 25.1 Å². The largest absolute Gasteiger partial charge is 0.477 e. The van der Waals surface area contributed by atoms with Crippen LogP contribution in [0.4, 0.5) is 0 Å². The van der Waals surface area contributed by atoms with Gasteiger partial charge in [-0.2, -0.15) is 0 Å². The van der Waals surface area contributed by atoms with Gasteiger partial charge in [0.2, 0.25) is 12.7 Å². The number of hydrogen-bond donors (Lipinski definition) is 3. The number of rotatable bonds is 5. The van der Waals surface area contributed by atoms with E-state index in [1.807, 2.05) is 24.3 Å². The lowest BCUT2D eigenvalue weighted by atomic mass is 10.1. The van der Waals surface area contributed by atoms with Crippen molar-refractivity contribution in [2.24, 2.45) is 5.73 Å². The van der Waals surface area contributed by atoms with Gasteiger partial charge in [-0.15, -0.1) is 0 Å². The van der Waals surface area contributed by atoms with Gasteiger partial charge in [-0.1, -0.05) is 24.3 Å². The fourth-order valence-electron chi connectivity index (χ4n) is 2.53. The van der Waals surface area contributed by atoms with Crippen LogP contribution in [-0.2, 0) is 6.54 Å². The van der Waals surface area contributed by atoms with Crippen LogP contribution in [0.3, 0.4) is 0 Å². The van der Waals surface area contributed by atoms with Gasteiger partial charge in [0, 0.05) is 18.8 Å². The Morgan fingerprint density at radius 1 is 1.20 bits per heavy atom. The van der Waals surface area contributed by atoms with E-state index >= 15 is 0 Å².